The molecule has 110 valence electrons. The number of hydrogen-bond donors (Lipinski definition) is 1. The molecule has 1 aromatic rings. The van der Waals surface area contributed by atoms with E-state index in [9.17, 15) is 5.11 Å². The van der Waals surface area contributed by atoms with Gasteiger partial charge in [-0.2, -0.15) is 0 Å². The lowest BCUT2D eigenvalue weighted by atomic mass is 10.0. The van der Waals surface area contributed by atoms with E-state index in [0.717, 1.165) is 12.8 Å². The van der Waals surface area contributed by atoms with E-state index in [2.05, 4.69) is 0 Å². The number of hydrogen-bond acceptors (Lipinski definition) is 5. The van der Waals surface area contributed by atoms with E-state index in [1.54, 1.807) is 33.5 Å². The molecular weight excluding hydrogens is 260 g/mol. The molecule has 0 bridgehead atoms. The molecule has 0 saturated heterocycles. The van der Waals surface area contributed by atoms with Crippen molar-refractivity contribution in [3.05, 3.63) is 29.5 Å². The maximum absolute atomic E-state index is 10.5. The van der Waals surface area contributed by atoms with Gasteiger partial charge in [0, 0.05) is 11.6 Å². The summed E-state index contributed by atoms with van der Waals surface area (Å²) in [7, 11) is 4.66. The fourth-order valence-corrected chi connectivity index (χ4v) is 2.19. The molecule has 0 spiro atoms. The van der Waals surface area contributed by atoms with E-state index in [1.165, 1.54) is 0 Å². The van der Waals surface area contributed by atoms with Crippen LogP contribution in [0.5, 0.6) is 17.2 Å². The molecule has 1 atom stereocenters. The highest BCUT2D eigenvalue weighted by atomic mass is 16.5. The van der Waals surface area contributed by atoms with Gasteiger partial charge >= 0.3 is 0 Å². The molecule has 0 aliphatic carbocycles. The maximum Gasteiger partial charge on any atom is 0.164 e. The first-order valence-electron chi connectivity index (χ1n) is 6.52. The molecule has 2 rings (SSSR count). The van der Waals surface area contributed by atoms with Gasteiger partial charge in [0.15, 0.2) is 11.5 Å². The number of benzene rings is 1. The van der Waals surface area contributed by atoms with Gasteiger partial charge in [-0.3, -0.25) is 0 Å². The summed E-state index contributed by atoms with van der Waals surface area (Å²) in [4.78, 5) is 0. The van der Waals surface area contributed by atoms with Gasteiger partial charge in [-0.05, 0) is 25.0 Å². The van der Waals surface area contributed by atoms with E-state index < -0.39 is 6.10 Å². The molecule has 1 heterocycles. The second-order valence-electron chi connectivity index (χ2n) is 4.45. The first kappa shape index (κ1) is 14.5. The number of aliphatic hydroxyl groups is 1. The van der Waals surface area contributed by atoms with E-state index in [1.807, 2.05) is 6.08 Å². The van der Waals surface area contributed by atoms with Crippen molar-refractivity contribution in [1.82, 2.24) is 0 Å². The predicted octanol–water partition coefficient (Wildman–Crippen LogP) is 2.44. The largest absolute Gasteiger partial charge is 0.496 e. The van der Waals surface area contributed by atoms with E-state index in [-0.39, 0.29) is 0 Å². The van der Waals surface area contributed by atoms with Crippen LogP contribution in [0, 0.1) is 0 Å². The van der Waals surface area contributed by atoms with Crippen molar-refractivity contribution in [1.29, 1.82) is 0 Å². The molecule has 1 N–H and O–H groups in total. The van der Waals surface area contributed by atoms with Crippen LogP contribution < -0.4 is 14.2 Å². The minimum atomic E-state index is -0.870. The summed E-state index contributed by atoms with van der Waals surface area (Å²) < 4.78 is 21.3. The Morgan fingerprint density at radius 1 is 1.05 bits per heavy atom. The highest BCUT2D eigenvalue weighted by molar-refractivity contribution is 5.52. The average molecular weight is 280 g/mol. The van der Waals surface area contributed by atoms with Crippen LogP contribution in [0.3, 0.4) is 0 Å². The lowest BCUT2D eigenvalue weighted by molar-refractivity contribution is 0.0900. The Kier molecular flexibility index (Phi) is 4.74. The standard InChI is InChI=1S/C15H20O5/c1-17-12-9-14(19-3)13(18-2)8-10(12)15(16)11-6-4-5-7-20-11/h6,8-9,15-16H,4-5,7H2,1-3H3. The molecule has 5 heteroatoms. The summed E-state index contributed by atoms with van der Waals surface area (Å²) >= 11 is 0. The molecule has 1 unspecified atom stereocenters. The molecule has 0 radical (unpaired) electrons. The van der Waals surface area contributed by atoms with E-state index >= 15 is 0 Å². The molecule has 0 amide bonds. The quantitative estimate of drug-likeness (QED) is 0.897. The smallest absolute Gasteiger partial charge is 0.164 e. The van der Waals surface area contributed by atoms with Crippen LogP contribution in [-0.2, 0) is 4.74 Å². The highest BCUT2D eigenvalue weighted by Crippen LogP contribution is 2.40. The van der Waals surface area contributed by atoms with E-state index in [0.29, 0.717) is 35.2 Å². The maximum atomic E-state index is 10.5. The van der Waals surface area contributed by atoms with Gasteiger partial charge in [0.2, 0.25) is 0 Å². The van der Waals surface area contributed by atoms with Crippen molar-refractivity contribution in [3.8, 4) is 17.2 Å². The molecule has 5 nitrogen and oxygen atoms in total. The van der Waals surface area contributed by atoms with Gasteiger partial charge in [0.25, 0.3) is 0 Å². The van der Waals surface area contributed by atoms with E-state index in [4.69, 9.17) is 18.9 Å². The first-order chi connectivity index (χ1) is 9.71. The van der Waals surface area contributed by atoms with Crippen molar-refractivity contribution in [2.75, 3.05) is 27.9 Å². The molecule has 0 aromatic heterocycles. The van der Waals surface area contributed by atoms with Crippen LogP contribution in [0.4, 0.5) is 0 Å². The Labute approximate surface area is 118 Å². The molecular formula is C15H20O5. The first-order valence-corrected chi connectivity index (χ1v) is 6.52. The summed E-state index contributed by atoms with van der Waals surface area (Å²) in [6.07, 6.45) is 2.91. The van der Waals surface area contributed by atoms with Gasteiger partial charge in [-0.15, -0.1) is 0 Å². The Hall–Kier alpha value is -1.88. The second kappa shape index (κ2) is 6.52. The molecule has 1 aliphatic heterocycles. The minimum absolute atomic E-state index is 0.533. The summed E-state index contributed by atoms with van der Waals surface area (Å²) in [6.45, 7) is 0.624. The predicted molar refractivity (Wildman–Crippen MR) is 74.3 cm³/mol. The van der Waals surface area contributed by atoms with Gasteiger partial charge < -0.3 is 24.1 Å². The second-order valence-corrected chi connectivity index (χ2v) is 4.45. The lowest BCUT2D eigenvalue weighted by Gasteiger charge is -2.22. The van der Waals surface area contributed by atoms with Gasteiger partial charge in [-0.25, -0.2) is 0 Å². The van der Waals surface area contributed by atoms with Crippen molar-refractivity contribution < 1.29 is 24.1 Å². The molecule has 20 heavy (non-hydrogen) atoms. The van der Waals surface area contributed by atoms with Crippen LogP contribution in [0.25, 0.3) is 0 Å². The zero-order valence-electron chi connectivity index (χ0n) is 12.0. The number of methoxy groups -OCH3 is 3. The summed E-state index contributed by atoms with van der Waals surface area (Å²) in [5, 5.41) is 10.5. The van der Waals surface area contributed by atoms with Crippen molar-refractivity contribution in [2.45, 2.75) is 18.9 Å². The lowest BCUT2D eigenvalue weighted by Crippen LogP contribution is -2.11. The molecule has 0 fully saturated rings. The van der Waals surface area contributed by atoms with Crippen molar-refractivity contribution >= 4 is 0 Å². The van der Waals surface area contributed by atoms with Crippen LogP contribution in [-0.4, -0.2) is 33.0 Å². The topological polar surface area (TPSA) is 57.2 Å². The normalized spacial score (nSPS) is 15.9. The average Bonchev–Trinajstić information content (AvgIpc) is 2.53. The number of rotatable bonds is 5. The van der Waals surface area contributed by atoms with Gasteiger partial charge in [-0.1, -0.05) is 0 Å². The van der Waals surface area contributed by atoms with Gasteiger partial charge in [0.05, 0.1) is 27.9 Å². The van der Waals surface area contributed by atoms with Gasteiger partial charge in [0.1, 0.15) is 17.6 Å². The summed E-state index contributed by atoms with van der Waals surface area (Å²) in [5.74, 6) is 2.18. The molecule has 1 aromatic carbocycles. The Morgan fingerprint density at radius 3 is 2.25 bits per heavy atom. The SMILES string of the molecule is COc1cc(OC)c(C(O)C2=CCCCO2)cc1OC. The van der Waals surface area contributed by atoms with Crippen LogP contribution in [0.1, 0.15) is 24.5 Å². The third-order valence-electron chi connectivity index (χ3n) is 3.26. The van der Waals surface area contributed by atoms with Crippen molar-refractivity contribution in [2.24, 2.45) is 0 Å². The fraction of sp³-hybridized carbons (Fsp3) is 0.467. The van der Waals surface area contributed by atoms with Crippen LogP contribution in [0.15, 0.2) is 24.0 Å². The molecule has 1 aliphatic rings. The number of allylic oxidation sites excluding steroid dienone is 1. The Morgan fingerprint density at radius 2 is 1.70 bits per heavy atom. The highest BCUT2D eigenvalue weighted by Gasteiger charge is 2.23. The molecule has 0 saturated carbocycles. The monoisotopic (exact) mass is 280 g/mol. The third kappa shape index (κ3) is 2.82. The number of ether oxygens (including phenoxy) is 4. The summed E-state index contributed by atoms with van der Waals surface area (Å²) in [5.41, 5.74) is 0.596. The third-order valence-corrected chi connectivity index (χ3v) is 3.26. The fourth-order valence-electron chi connectivity index (χ4n) is 2.19. The van der Waals surface area contributed by atoms with Crippen LogP contribution >= 0.6 is 0 Å². The summed E-state index contributed by atoms with van der Waals surface area (Å²) in [6, 6.07) is 3.40. The Balaban J connectivity index is 2.40. The zero-order chi connectivity index (χ0) is 14.5. The minimum Gasteiger partial charge on any atom is -0.496 e. The number of aliphatic hydroxyl groups excluding tert-OH is 1. The Bertz CT molecular complexity index is 495. The van der Waals surface area contributed by atoms with Crippen LogP contribution in [0.2, 0.25) is 0 Å². The zero-order valence-corrected chi connectivity index (χ0v) is 12.0. The van der Waals surface area contributed by atoms with Crippen molar-refractivity contribution in [3.63, 3.8) is 0 Å².